The first-order valence-corrected chi connectivity index (χ1v) is 7.92. The van der Waals surface area contributed by atoms with Gasteiger partial charge in [-0.15, -0.1) is 0 Å². The van der Waals surface area contributed by atoms with Crippen molar-refractivity contribution in [3.8, 4) is 0 Å². The Labute approximate surface area is 130 Å². The molecular formula is C15H27F3N2O2. The average Bonchev–Trinajstić information content (AvgIpc) is 2.39. The van der Waals surface area contributed by atoms with E-state index in [9.17, 15) is 18.0 Å². The minimum absolute atomic E-state index is 0.0434. The molecule has 4 nitrogen and oxygen atoms in total. The zero-order valence-electron chi connectivity index (χ0n) is 13.3. The molecule has 1 aliphatic rings. The number of amides is 1. The van der Waals surface area contributed by atoms with Crippen LogP contribution in [-0.4, -0.2) is 54.4 Å². The van der Waals surface area contributed by atoms with Crippen LogP contribution in [-0.2, 0) is 4.79 Å². The lowest BCUT2D eigenvalue weighted by Gasteiger charge is -2.35. The molecule has 130 valence electrons. The van der Waals surface area contributed by atoms with Crippen LogP contribution >= 0.6 is 0 Å². The Morgan fingerprint density at radius 1 is 1.32 bits per heavy atom. The molecule has 0 aliphatic heterocycles. The number of hydrogen-bond acceptors (Lipinski definition) is 3. The minimum atomic E-state index is -4.34. The second kappa shape index (κ2) is 8.72. The zero-order valence-corrected chi connectivity index (χ0v) is 13.3. The van der Waals surface area contributed by atoms with Gasteiger partial charge in [-0.1, -0.05) is 26.7 Å². The number of nitrogens with one attached hydrogen (secondary N) is 1. The maximum absolute atomic E-state index is 12.5. The lowest BCUT2D eigenvalue weighted by molar-refractivity contribution is -0.149. The molecule has 1 fully saturated rings. The Kier molecular flexibility index (Phi) is 7.62. The summed E-state index contributed by atoms with van der Waals surface area (Å²) in [6.45, 7) is 2.68. The van der Waals surface area contributed by atoms with Gasteiger partial charge in [0.05, 0.1) is 13.1 Å². The molecule has 0 aromatic heterocycles. The summed E-state index contributed by atoms with van der Waals surface area (Å²) in [7, 11) is 0. The van der Waals surface area contributed by atoms with Crippen molar-refractivity contribution in [1.82, 2.24) is 10.2 Å². The van der Waals surface area contributed by atoms with Crippen molar-refractivity contribution in [2.24, 2.45) is 11.8 Å². The number of aliphatic hydroxyl groups excluding tert-OH is 1. The second-order valence-corrected chi connectivity index (χ2v) is 6.34. The van der Waals surface area contributed by atoms with E-state index in [0.717, 1.165) is 24.2 Å². The van der Waals surface area contributed by atoms with Crippen LogP contribution < -0.4 is 5.32 Å². The molecule has 0 saturated heterocycles. The van der Waals surface area contributed by atoms with Crippen molar-refractivity contribution in [3.05, 3.63) is 0 Å². The number of nitrogens with zero attached hydrogens (tertiary/aromatic N) is 1. The first-order chi connectivity index (χ1) is 10.2. The largest absolute Gasteiger partial charge is 0.401 e. The monoisotopic (exact) mass is 324 g/mol. The summed E-state index contributed by atoms with van der Waals surface area (Å²) in [5, 5.41) is 11.6. The molecule has 22 heavy (non-hydrogen) atoms. The van der Waals surface area contributed by atoms with Gasteiger partial charge in [0.1, 0.15) is 0 Å². The normalized spacial score (nSPS) is 26.2. The molecule has 0 radical (unpaired) electrons. The fourth-order valence-corrected chi connectivity index (χ4v) is 3.00. The van der Waals surface area contributed by atoms with Crippen LogP contribution in [0.4, 0.5) is 13.2 Å². The predicted octanol–water partition coefficient (Wildman–Crippen LogP) is 2.17. The van der Waals surface area contributed by atoms with Gasteiger partial charge in [0.2, 0.25) is 5.91 Å². The topological polar surface area (TPSA) is 52.6 Å². The van der Waals surface area contributed by atoms with Gasteiger partial charge in [-0.25, -0.2) is 0 Å². The molecule has 1 aliphatic carbocycles. The van der Waals surface area contributed by atoms with E-state index in [4.69, 9.17) is 5.11 Å². The van der Waals surface area contributed by atoms with Crippen molar-refractivity contribution in [3.63, 3.8) is 0 Å². The van der Waals surface area contributed by atoms with Crippen LogP contribution in [0.15, 0.2) is 0 Å². The molecule has 0 bridgehead atoms. The Morgan fingerprint density at radius 2 is 2.00 bits per heavy atom. The smallest absolute Gasteiger partial charge is 0.396 e. The summed E-state index contributed by atoms with van der Waals surface area (Å²) in [6.07, 6.45) is -1.08. The number of hydrogen-bond donors (Lipinski definition) is 2. The van der Waals surface area contributed by atoms with Gasteiger partial charge in [-0.3, -0.25) is 9.69 Å². The maximum Gasteiger partial charge on any atom is 0.401 e. The first-order valence-electron chi connectivity index (χ1n) is 7.92. The number of aliphatic hydroxyl groups is 1. The molecule has 3 unspecified atom stereocenters. The van der Waals surface area contributed by atoms with Crippen LogP contribution in [0.5, 0.6) is 0 Å². The second-order valence-electron chi connectivity index (χ2n) is 6.34. The van der Waals surface area contributed by atoms with Crippen LogP contribution in [0.1, 0.15) is 39.5 Å². The highest BCUT2D eigenvalue weighted by Crippen LogP contribution is 2.29. The van der Waals surface area contributed by atoms with Gasteiger partial charge < -0.3 is 10.4 Å². The lowest BCUT2D eigenvalue weighted by Crippen LogP contribution is -2.48. The van der Waals surface area contributed by atoms with Crippen molar-refractivity contribution in [2.75, 3.05) is 26.2 Å². The van der Waals surface area contributed by atoms with Crippen molar-refractivity contribution in [2.45, 2.75) is 51.7 Å². The van der Waals surface area contributed by atoms with Crippen LogP contribution in [0, 0.1) is 11.8 Å². The summed E-state index contributed by atoms with van der Waals surface area (Å²) in [6, 6.07) is 0.0434. The molecule has 0 aromatic rings. The van der Waals surface area contributed by atoms with E-state index in [2.05, 4.69) is 19.2 Å². The maximum atomic E-state index is 12.5. The van der Waals surface area contributed by atoms with E-state index >= 15 is 0 Å². The molecule has 0 spiro atoms. The van der Waals surface area contributed by atoms with E-state index in [1.54, 1.807) is 0 Å². The summed E-state index contributed by atoms with van der Waals surface area (Å²) in [4.78, 5) is 13.1. The van der Waals surface area contributed by atoms with E-state index < -0.39 is 12.7 Å². The van der Waals surface area contributed by atoms with E-state index in [0.29, 0.717) is 11.8 Å². The number of rotatable bonds is 7. The van der Waals surface area contributed by atoms with Crippen LogP contribution in [0.3, 0.4) is 0 Å². The molecule has 2 N–H and O–H groups in total. The molecule has 1 rings (SSSR count). The minimum Gasteiger partial charge on any atom is -0.396 e. The van der Waals surface area contributed by atoms with Gasteiger partial charge in [0.25, 0.3) is 0 Å². The van der Waals surface area contributed by atoms with Gasteiger partial charge in [0.15, 0.2) is 0 Å². The van der Waals surface area contributed by atoms with Crippen molar-refractivity contribution >= 4 is 5.91 Å². The summed E-state index contributed by atoms with van der Waals surface area (Å²) in [5.41, 5.74) is 0. The fourth-order valence-electron chi connectivity index (χ4n) is 3.00. The van der Waals surface area contributed by atoms with Gasteiger partial charge in [-0.05, 0) is 24.7 Å². The number of carbonyl (C=O) groups excluding carboxylic acids is 1. The average molecular weight is 324 g/mol. The highest BCUT2D eigenvalue weighted by molar-refractivity contribution is 5.78. The lowest BCUT2D eigenvalue weighted by atomic mass is 9.78. The Balaban J connectivity index is 2.51. The highest BCUT2D eigenvalue weighted by Gasteiger charge is 2.32. The number of halogens is 3. The third kappa shape index (κ3) is 6.96. The molecule has 0 aromatic carbocycles. The van der Waals surface area contributed by atoms with E-state index in [-0.39, 0.29) is 38.1 Å². The fraction of sp³-hybridized carbons (Fsp3) is 0.933. The molecule has 0 heterocycles. The number of carbonyl (C=O) groups is 1. The Morgan fingerprint density at radius 3 is 2.59 bits per heavy atom. The SMILES string of the molecule is CC1CCCC(NC(=O)CN(CCCO)CC(F)(F)F)C1C. The third-order valence-electron chi connectivity index (χ3n) is 4.46. The predicted molar refractivity (Wildman–Crippen MR) is 78.3 cm³/mol. The summed E-state index contributed by atoms with van der Waals surface area (Å²) < 4.78 is 37.6. The quantitative estimate of drug-likeness (QED) is 0.755. The van der Waals surface area contributed by atoms with Gasteiger partial charge in [-0.2, -0.15) is 13.2 Å². The zero-order chi connectivity index (χ0) is 16.8. The highest BCUT2D eigenvalue weighted by atomic mass is 19.4. The van der Waals surface area contributed by atoms with E-state index in [1.165, 1.54) is 0 Å². The number of alkyl halides is 3. The van der Waals surface area contributed by atoms with Crippen molar-refractivity contribution < 1.29 is 23.1 Å². The molecule has 7 heteroatoms. The molecule has 1 amide bonds. The molecular weight excluding hydrogens is 297 g/mol. The summed E-state index contributed by atoms with van der Waals surface area (Å²) in [5.74, 6) is 0.485. The Bertz CT molecular complexity index is 350. The third-order valence-corrected chi connectivity index (χ3v) is 4.46. The van der Waals surface area contributed by atoms with E-state index in [1.807, 2.05) is 0 Å². The molecule has 1 saturated carbocycles. The molecule has 3 atom stereocenters. The van der Waals surface area contributed by atoms with Gasteiger partial charge >= 0.3 is 6.18 Å². The van der Waals surface area contributed by atoms with Crippen LogP contribution in [0.25, 0.3) is 0 Å². The Hall–Kier alpha value is -0.820. The van der Waals surface area contributed by atoms with Gasteiger partial charge in [0, 0.05) is 19.2 Å². The standard InChI is InChI=1S/C15H27F3N2O2/c1-11-5-3-6-13(12(11)2)19-14(22)9-20(7-4-8-21)10-15(16,17)18/h11-13,21H,3-10H2,1-2H3,(H,19,22). The van der Waals surface area contributed by atoms with Crippen molar-refractivity contribution in [1.29, 1.82) is 0 Å². The van der Waals surface area contributed by atoms with Crippen LogP contribution in [0.2, 0.25) is 0 Å². The summed E-state index contributed by atoms with van der Waals surface area (Å²) >= 11 is 0. The first kappa shape index (κ1) is 19.2.